The van der Waals surface area contributed by atoms with Gasteiger partial charge in [0.25, 0.3) is 5.56 Å². The number of amides is 1. The van der Waals surface area contributed by atoms with Gasteiger partial charge in [-0.15, -0.1) is 0 Å². The van der Waals surface area contributed by atoms with Crippen LogP contribution in [0, 0.1) is 0 Å². The van der Waals surface area contributed by atoms with Crippen molar-refractivity contribution in [3.05, 3.63) is 69.0 Å². The minimum absolute atomic E-state index is 0.00789. The summed E-state index contributed by atoms with van der Waals surface area (Å²) in [5, 5.41) is 8.65. The minimum Gasteiger partial charge on any atom is -0.481 e. The topological polar surface area (TPSA) is 102 Å². The predicted octanol–water partition coefficient (Wildman–Crippen LogP) is -0.00860. The highest BCUT2D eigenvalue weighted by Crippen LogP contribution is 1.99. The van der Waals surface area contributed by atoms with Crippen LogP contribution < -0.4 is 11.2 Å². The third-order valence-corrected chi connectivity index (χ3v) is 3.72. The van der Waals surface area contributed by atoms with Crippen molar-refractivity contribution in [3.8, 4) is 0 Å². The summed E-state index contributed by atoms with van der Waals surface area (Å²) in [5.41, 5.74) is -0.273. The summed E-state index contributed by atoms with van der Waals surface area (Å²) < 4.78 is 2.20. The third-order valence-electron chi connectivity index (χ3n) is 3.72. The average molecular weight is 345 g/mol. The number of likely N-dealkylation sites (N-methyl/N-ethyl adjacent to an activating group) is 1. The largest absolute Gasteiger partial charge is 0.481 e. The number of carbonyl (C=O) groups is 2. The molecule has 1 amide bonds. The van der Waals surface area contributed by atoms with Gasteiger partial charge in [0.15, 0.2) is 0 Å². The highest BCUT2D eigenvalue weighted by molar-refractivity contribution is 5.76. The lowest BCUT2D eigenvalue weighted by molar-refractivity contribution is -0.138. The number of hydrogen-bond acceptors (Lipinski definition) is 4. The van der Waals surface area contributed by atoms with Crippen LogP contribution in [0.2, 0.25) is 0 Å². The third kappa shape index (κ3) is 4.90. The van der Waals surface area contributed by atoms with Crippen LogP contribution in [-0.4, -0.2) is 44.6 Å². The van der Waals surface area contributed by atoms with Gasteiger partial charge >= 0.3 is 11.7 Å². The van der Waals surface area contributed by atoms with E-state index in [1.165, 1.54) is 28.8 Å². The maximum absolute atomic E-state index is 12.5. The molecule has 0 saturated carbocycles. The first-order valence-electron chi connectivity index (χ1n) is 7.68. The first-order valence-corrected chi connectivity index (χ1v) is 7.68. The van der Waals surface area contributed by atoms with Crippen LogP contribution in [-0.2, 0) is 22.7 Å². The van der Waals surface area contributed by atoms with E-state index in [9.17, 15) is 19.2 Å². The number of aliphatic carboxylic acids is 1. The number of benzene rings is 1. The van der Waals surface area contributed by atoms with Crippen molar-refractivity contribution in [2.24, 2.45) is 0 Å². The molecule has 25 heavy (non-hydrogen) atoms. The molecule has 0 aliphatic carbocycles. The molecule has 0 atom stereocenters. The summed E-state index contributed by atoms with van der Waals surface area (Å²) >= 11 is 0. The van der Waals surface area contributed by atoms with Crippen LogP contribution in [0.3, 0.4) is 0 Å². The summed E-state index contributed by atoms with van der Waals surface area (Å²) in [4.78, 5) is 48.3. The van der Waals surface area contributed by atoms with Crippen molar-refractivity contribution in [3.63, 3.8) is 0 Å². The summed E-state index contributed by atoms with van der Waals surface area (Å²) in [5.74, 6) is -1.53. The van der Waals surface area contributed by atoms with Gasteiger partial charge in [-0.2, -0.15) is 0 Å². The SMILES string of the molecule is CN(CCC(=O)O)C(=O)Cn1c(=O)ccn(Cc2ccccc2)c1=O. The minimum atomic E-state index is -1.03. The highest BCUT2D eigenvalue weighted by Gasteiger charge is 2.14. The van der Waals surface area contributed by atoms with Gasteiger partial charge in [0.1, 0.15) is 6.54 Å². The maximum Gasteiger partial charge on any atom is 0.331 e. The summed E-state index contributed by atoms with van der Waals surface area (Å²) in [6.45, 7) is -0.139. The van der Waals surface area contributed by atoms with Crippen molar-refractivity contribution < 1.29 is 14.7 Å². The molecule has 0 spiro atoms. The lowest BCUT2D eigenvalue weighted by Crippen LogP contribution is -2.43. The molecule has 1 aromatic heterocycles. The van der Waals surface area contributed by atoms with E-state index in [2.05, 4.69) is 0 Å². The molecule has 1 N–H and O–H groups in total. The lowest BCUT2D eigenvalue weighted by atomic mass is 10.2. The smallest absolute Gasteiger partial charge is 0.331 e. The maximum atomic E-state index is 12.5. The second kappa shape index (κ2) is 8.09. The van der Waals surface area contributed by atoms with Gasteiger partial charge in [0.2, 0.25) is 5.91 Å². The molecule has 0 radical (unpaired) electrons. The molecular weight excluding hydrogens is 326 g/mol. The first kappa shape index (κ1) is 18.2. The Labute approximate surface area is 143 Å². The summed E-state index contributed by atoms with van der Waals surface area (Å²) in [7, 11) is 1.43. The second-order valence-electron chi connectivity index (χ2n) is 5.60. The van der Waals surface area contributed by atoms with Gasteiger partial charge in [-0.25, -0.2) is 4.79 Å². The molecule has 2 aromatic rings. The van der Waals surface area contributed by atoms with Gasteiger partial charge < -0.3 is 10.0 Å². The van der Waals surface area contributed by atoms with E-state index in [1.54, 1.807) is 0 Å². The number of nitrogens with zero attached hydrogens (tertiary/aromatic N) is 3. The molecule has 2 rings (SSSR count). The van der Waals surface area contributed by atoms with E-state index in [0.29, 0.717) is 0 Å². The zero-order chi connectivity index (χ0) is 18.4. The standard InChI is InChI=1S/C17H19N3O5/c1-18(9-8-16(23)24)15(22)12-20-14(21)7-10-19(17(20)25)11-13-5-3-2-4-6-13/h2-7,10H,8-9,11-12H2,1H3,(H,23,24). The van der Waals surface area contributed by atoms with Gasteiger partial charge in [-0.05, 0) is 5.56 Å². The second-order valence-corrected chi connectivity index (χ2v) is 5.60. The predicted molar refractivity (Wildman–Crippen MR) is 90.4 cm³/mol. The van der Waals surface area contributed by atoms with Crippen LogP contribution in [0.5, 0.6) is 0 Å². The summed E-state index contributed by atoms with van der Waals surface area (Å²) in [6.07, 6.45) is 1.19. The number of carbonyl (C=O) groups excluding carboxylic acids is 1. The molecule has 0 unspecified atom stereocenters. The fourth-order valence-electron chi connectivity index (χ4n) is 2.25. The Hall–Kier alpha value is -3.16. The van der Waals surface area contributed by atoms with Crippen LogP contribution in [0.1, 0.15) is 12.0 Å². The fraction of sp³-hybridized carbons (Fsp3) is 0.294. The van der Waals surface area contributed by atoms with Crippen LogP contribution >= 0.6 is 0 Å². The van der Waals surface area contributed by atoms with Gasteiger partial charge in [-0.1, -0.05) is 30.3 Å². The van der Waals surface area contributed by atoms with E-state index < -0.39 is 29.7 Å². The van der Waals surface area contributed by atoms with Crippen LogP contribution in [0.4, 0.5) is 0 Å². The molecule has 0 saturated heterocycles. The highest BCUT2D eigenvalue weighted by atomic mass is 16.4. The monoisotopic (exact) mass is 345 g/mol. The molecular formula is C17H19N3O5. The van der Waals surface area contributed by atoms with E-state index >= 15 is 0 Å². The molecule has 8 nitrogen and oxygen atoms in total. The molecule has 0 aliphatic rings. The Morgan fingerprint density at radius 1 is 1.12 bits per heavy atom. The van der Waals surface area contributed by atoms with E-state index in [0.717, 1.165) is 10.1 Å². The normalized spacial score (nSPS) is 10.4. The van der Waals surface area contributed by atoms with E-state index in [4.69, 9.17) is 5.11 Å². The molecule has 0 fully saturated rings. The Bertz CT molecular complexity index is 870. The Balaban J connectivity index is 2.19. The molecule has 0 aliphatic heterocycles. The Kier molecular flexibility index (Phi) is 5.89. The fourth-order valence-corrected chi connectivity index (χ4v) is 2.25. The number of hydrogen-bond donors (Lipinski definition) is 1. The molecule has 1 aromatic carbocycles. The van der Waals surface area contributed by atoms with Crippen LogP contribution in [0.25, 0.3) is 0 Å². The number of aromatic nitrogens is 2. The zero-order valence-corrected chi connectivity index (χ0v) is 13.8. The Morgan fingerprint density at radius 2 is 1.80 bits per heavy atom. The average Bonchev–Trinajstić information content (AvgIpc) is 2.59. The van der Waals surface area contributed by atoms with Crippen molar-refractivity contribution in [2.45, 2.75) is 19.5 Å². The zero-order valence-electron chi connectivity index (χ0n) is 13.8. The molecule has 132 valence electrons. The van der Waals surface area contributed by atoms with Gasteiger partial charge in [0, 0.05) is 25.9 Å². The lowest BCUT2D eigenvalue weighted by Gasteiger charge is -2.17. The van der Waals surface area contributed by atoms with Crippen molar-refractivity contribution >= 4 is 11.9 Å². The van der Waals surface area contributed by atoms with Crippen LogP contribution in [0.15, 0.2) is 52.2 Å². The van der Waals surface area contributed by atoms with Crippen molar-refractivity contribution in [1.82, 2.24) is 14.0 Å². The van der Waals surface area contributed by atoms with E-state index in [1.807, 2.05) is 30.3 Å². The number of carboxylic acids is 1. The van der Waals surface area contributed by atoms with Crippen molar-refractivity contribution in [2.75, 3.05) is 13.6 Å². The van der Waals surface area contributed by atoms with E-state index in [-0.39, 0.29) is 19.5 Å². The van der Waals surface area contributed by atoms with Gasteiger partial charge in [-0.3, -0.25) is 23.5 Å². The van der Waals surface area contributed by atoms with Crippen molar-refractivity contribution in [1.29, 1.82) is 0 Å². The molecule has 1 heterocycles. The number of carboxylic acid groups (broad SMARTS) is 1. The molecule has 0 bridgehead atoms. The quantitative estimate of drug-likeness (QED) is 0.761. The molecule has 8 heteroatoms. The van der Waals surface area contributed by atoms with Gasteiger partial charge in [0.05, 0.1) is 13.0 Å². The summed E-state index contributed by atoms with van der Waals surface area (Å²) in [6, 6.07) is 10.5. The first-order chi connectivity index (χ1) is 11.9. The Morgan fingerprint density at radius 3 is 2.44 bits per heavy atom. The number of rotatable bonds is 7.